The molecule has 6 nitrogen and oxygen atoms in total. The average Bonchev–Trinajstić information content (AvgIpc) is 2.44. The van der Waals surface area contributed by atoms with Crippen LogP contribution in [0, 0.1) is 0 Å². The fraction of sp³-hybridized carbons (Fsp3) is 0.267. The van der Waals surface area contributed by atoms with Crippen molar-refractivity contribution in [3.63, 3.8) is 0 Å². The topological polar surface area (TPSA) is 89.1 Å². The Morgan fingerprint density at radius 3 is 2.57 bits per heavy atom. The van der Waals surface area contributed by atoms with E-state index in [1.807, 2.05) is 19.9 Å². The Morgan fingerprint density at radius 1 is 1.24 bits per heavy atom. The summed E-state index contributed by atoms with van der Waals surface area (Å²) in [5, 5.41) is 19.4. The van der Waals surface area contributed by atoms with Gasteiger partial charge in [-0.3, -0.25) is 0 Å². The largest absolute Gasteiger partial charge is 0.504 e. The van der Waals surface area contributed by atoms with Crippen molar-refractivity contribution in [3.05, 3.63) is 34.2 Å². The molecule has 0 fully saturated rings. The van der Waals surface area contributed by atoms with Gasteiger partial charge in [0.2, 0.25) is 5.75 Å². The molecule has 0 spiro atoms. The number of hydrogen-bond donors (Lipinski definition) is 2. The van der Waals surface area contributed by atoms with E-state index < -0.39 is 17.1 Å². The summed E-state index contributed by atoms with van der Waals surface area (Å²) in [6.45, 7) is 4.22. The molecule has 0 saturated carbocycles. The number of benzene rings is 1. The normalized spacial score (nSPS) is 10.4. The Hall–Kier alpha value is -2.63. The van der Waals surface area contributed by atoms with E-state index in [1.165, 1.54) is 19.2 Å². The number of methoxy groups -OCH3 is 1. The van der Waals surface area contributed by atoms with Crippen LogP contribution in [0.3, 0.4) is 0 Å². The van der Waals surface area contributed by atoms with Gasteiger partial charge in [0.1, 0.15) is 12.2 Å². The predicted octanol–water partition coefficient (Wildman–Crippen LogP) is 2.56. The van der Waals surface area contributed by atoms with Gasteiger partial charge >= 0.3 is 5.63 Å². The monoisotopic (exact) mass is 292 g/mol. The second kappa shape index (κ2) is 5.78. The zero-order valence-corrected chi connectivity index (χ0v) is 12.0. The van der Waals surface area contributed by atoms with Gasteiger partial charge in [0, 0.05) is 6.07 Å². The number of rotatable bonds is 4. The molecule has 2 aromatic rings. The Bertz CT molecular complexity index is 753. The van der Waals surface area contributed by atoms with Gasteiger partial charge < -0.3 is 24.1 Å². The Morgan fingerprint density at radius 2 is 1.95 bits per heavy atom. The van der Waals surface area contributed by atoms with Crippen LogP contribution in [0.25, 0.3) is 11.0 Å². The molecule has 1 heterocycles. The molecule has 0 aliphatic carbocycles. The van der Waals surface area contributed by atoms with Crippen molar-refractivity contribution >= 4 is 11.0 Å². The lowest BCUT2D eigenvalue weighted by molar-refractivity contribution is 0.325. The molecule has 0 saturated heterocycles. The molecule has 1 aromatic carbocycles. The van der Waals surface area contributed by atoms with Crippen molar-refractivity contribution in [2.45, 2.75) is 13.8 Å². The lowest BCUT2D eigenvalue weighted by Crippen LogP contribution is -2.00. The third-order valence-corrected chi connectivity index (χ3v) is 2.87. The molecule has 0 aliphatic heterocycles. The molecular formula is C15H16O6. The summed E-state index contributed by atoms with van der Waals surface area (Å²) in [5.74, 6) is -0.651. The maximum absolute atomic E-state index is 11.4. The first-order valence-corrected chi connectivity index (χ1v) is 6.27. The highest BCUT2D eigenvalue weighted by Gasteiger charge is 2.16. The highest BCUT2D eigenvalue weighted by atomic mass is 16.5. The van der Waals surface area contributed by atoms with Crippen LogP contribution in [0.1, 0.15) is 13.8 Å². The summed E-state index contributed by atoms with van der Waals surface area (Å²) >= 11 is 0. The summed E-state index contributed by atoms with van der Waals surface area (Å²) < 4.78 is 15.7. The van der Waals surface area contributed by atoms with Crippen LogP contribution in [-0.4, -0.2) is 23.9 Å². The standard InChI is InChI=1S/C15H16O6/c1-8(2)4-5-20-12-7-10-9(6-11(12)19-3)13(16)14(17)15(18)21-10/h4,6-7,16-17H,5H2,1-3H3. The van der Waals surface area contributed by atoms with Gasteiger partial charge in [0.25, 0.3) is 0 Å². The van der Waals surface area contributed by atoms with E-state index in [9.17, 15) is 15.0 Å². The maximum Gasteiger partial charge on any atom is 0.382 e. The molecule has 0 aliphatic rings. The van der Waals surface area contributed by atoms with Crippen molar-refractivity contribution in [2.24, 2.45) is 0 Å². The fourth-order valence-corrected chi connectivity index (χ4v) is 1.75. The summed E-state index contributed by atoms with van der Waals surface area (Å²) in [6.07, 6.45) is 1.88. The fourth-order valence-electron chi connectivity index (χ4n) is 1.75. The molecule has 21 heavy (non-hydrogen) atoms. The molecule has 6 heteroatoms. The molecular weight excluding hydrogens is 276 g/mol. The van der Waals surface area contributed by atoms with Crippen LogP contribution < -0.4 is 15.1 Å². The number of aromatic hydroxyl groups is 2. The third kappa shape index (κ3) is 2.94. The third-order valence-electron chi connectivity index (χ3n) is 2.87. The summed E-state index contributed by atoms with van der Waals surface area (Å²) in [4.78, 5) is 11.4. The molecule has 0 radical (unpaired) electrons. The first-order valence-electron chi connectivity index (χ1n) is 6.27. The lowest BCUT2D eigenvalue weighted by atomic mass is 10.2. The van der Waals surface area contributed by atoms with Gasteiger partial charge in [0.15, 0.2) is 17.2 Å². The van der Waals surface area contributed by atoms with Gasteiger partial charge in [0.05, 0.1) is 12.5 Å². The van der Waals surface area contributed by atoms with Gasteiger partial charge in [-0.25, -0.2) is 4.79 Å². The minimum Gasteiger partial charge on any atom is -0.504 e. The van der Waals surface area contributed by atoms with Crippen molar-refractivity contribution in [1.82, 2.24) is 0 Å². The van der Waals surface area contributed by atoms with Crippen molar-refractivity contribution in [2.75, 3.05) is 13.7 Å². The van der Waals surface area contributed by atoms with Crippen LogP contribution in [-0.2, 0) is 0 Å². The zero-order chi connectivity index (χ0) is 15.6. The first-order chi connectivity index (χ1) is 9.93. The molecule has 112 valence electrons. The Kier molecular flexibility index (Phi) is 4.07. The molecule has 1 aromatic heterocycles. The SMILES string of the molecule is COc1cc2c(O)c(O)c(=O)oc2cc1OCC=C(C)C. The van der Waals surface area contributed by atoms with E-state index in [1.54, 1.807) is 0 Å². The minimum absolute atomic E-state index is 0.100. The van der Waals surface area contributed by atoms with E-state index in [-0.39, 0.29) is 11.0 Å². The van der Waals surface area contributed by atoms with Crippen molar-refractivity contribution in [1.29, 1.82) is 0 Å². The quantitative estimate of drug-likeness (QED) is 0.665. The van der Waals surface area contributed by atoms with Crippen LogP contribution >= 0.6 is 0 Å². The zero-order valence-electron chi connectivity index (χ0n) is 12.0. The van der Waals surface area contributed by atoms with E-state index in [4.69, 9.17) is 13.9 Å². The smallest absolute Gasteiger partial charge is 0.382 e. The highest BCUT2D eigenvalue weighted by molar-refractivity contribution is 5.88. The van der Waals surface area contributed by atoms with Gasteiger partial charge in [-0.15, -0.1) is 0 Å². The number of hydrogen-bond acceptors (Lipinski definition) is 6. The van der Waals surface area contributed by atoms with Crippen molar-refractivity contribution in [3.8, 4) is 23.0 Å². The predicted molar refractivity (Wildman–Crippen MR) is 77.3 cm³/mol. The second-order valence-corrected chi connectivity index (χ2v) is 4.68. The molecule has 0 unspecified atom stereocenters. The van der Waals surface area contributed by atoms with Crippen LogP contribution in [0.2, 0.25) is 0 Å². The lowest BCUT2D eigenvalue weighted by Gasteiger charge is -2.11. The molecule has 0 atom stereocenters. The number of fused-ring (bicyclic) bond motifs is 1. The van der Waals surface area contributed by atoms with Gasteiger partial charge in [-0.1, -0.05) is 5.57 Å². The second-order valence-electron chi connectivity index (χ2n) is 4.68. The van der Waals surface area contributed by atoms with Crippen molar-refractivity contribution < 1.29 is 24.1 Å². The molecule has 0 bridgehead atoms. The molecule has 2 rings (SSSR count). The van der Waals surface area contributed by atoms with Crippen LogP contribution in [0.5, 0.6) is 23.0 Å². The minimum atomic E-state index is -1.01. The average molecular weight is 292 g/mol. The first kappa shape index (κ1) is 14.8. The summed E-state index contributed by atoms with van der Waals surface area (Å²) in [5.41, 5.74) is 0.188. The highest BCUT2D eigenvalue weighted by Crippen LogP contribution is 2.38. The van der Waals surface area contributed by atoms with Gasteiger partial charge in [-0.2, -0.15) is 0 Å². The van der Waals surface area contributed by atoms with Crippen LogP contribution in [0.4, 0.5) is 0 Å². The number of ether oxygens (including phenoxy) is 2. The van der Waals surface area contributed by atoms with Gasteiger partial charge in [-0.05, 0) is 26.0 Å². The van der Waals surface area contributed by atoms with E-state index >= 15 is 0 Å². The molecule has 2 N–H and O–H groups in total. The Labute approximate surface area is 120 Å². The Balaban J connectivity index is 2.54. The molecule has 0 amide bonds. The van der Waals surface area contributed by atoms with E-state index in [0.29, 0.717) is 18.1 Å². The van der Waals surface area contributed by atoms with E-state index in [2.05, 4.69) is 0 Å². The van der Waals surface area contributed by atoms with Crippen LogP contribution in [0.15, 0.2) is 33.0 Å². The number of allylic oxidation sites excluding steroid dienone is 1. The summed E-state index contributed by atoms with van der Waals surface area (Å²) in [7, 11) is 1.45. The van der Waals surface area contributed by atoms with E-state index in [0.717, 1.165) is 5.57 Å². The summed E-state index contributed by atoms with van der Waals surface area (Å²) in [6, 6.07) is 2.87. The maximum atomic E-state index is 11.4.